The third-order valence-electron chi connectivity index (χ3n) is 2.69. The standard InChI is InChI=1S/C13H7F3N2/c14-8-5-9(15)13(16)12(6-8)18-7-17-10-3-1-2-4-11(10)18/h1-7H. The molecule has 3 rings (SSSR count). The van der Waals surface area contributed by atoms with Gasteiger partial charge >= 0.3 is 0 Å². The van der Waals surface area contributed by atoms with Crippen LogP contribution in [-0.4, -0.2) is 9.55 Å². The predicted molar refractivity (Wildman–Crippen MR) is 60.9 cm³/mol. The van der Waals surface area contributed by atoms with Crippen molar-refractivity contribution in [2.75, 3.05) is 0 Å². The Morgan fingerprint density at radius 1 is 1.00 bits per heavy atom. The summed E-state index contributed by atoms with van der Waals surface area (Å²) in [4.78, 5) is 4.05. The van der Waals surface area contributed by atoms with Crippen LogP contribution in [0.5, 0.6) is 0 Å². The molecule has 0 bridgehead atoms. The van der Waals surface area contributed by atoms with E-state index in [9.17, 15) is 13.2 Å². The van der Waals surface area contributed by atoms with Crippen LogP contribution in [0.25, 0.3) is 16.7 Å². The molecule has 0 aliphatic heterocycles. The Hall–Kier alpha value is -2.30. The van der Waals surface area contributed by atoms with Crippen molar-refractivity contribution in [1.29, 1.82) is 0 Å². The van der Waals surface area contributed by atoms with Crippen molar-refractivity contribution in [2.24, 2.45) is 0 Å². The molecule has 0 atom stereocenters. The van der Waals surface area contributed by atoms with Gasteiger partial charge in [0.2, 0.25) is 0 Å². The maximum absolute atomic E-state index is 13.7. The van der Waals surface area contributed by atoms with E-state index in [-0.39, 0.29) is 5.69 Å². The number of hydrogen-bond acceptors (Lipinski definition) is 1. The predicted octanol–water partition coefficient (Wildman–Crippen LogP) is 3.44. The van der Waals surface area contributed by atoms with Gasteiger partial charge in [0, 0.05) is 12.1 Å². The topological polar surface area (TPSA) is 17.8 Å². The first-order chi connectivity index (χ1) is 8.66. The summed E-state index contributed by atoms with van der Waals surface area (Å²) in [6, 6.07) is 8.41. The summed E-state index contributed by atoms with van der Waals surface area (Å²) in [6.07, 6.45) is 1.34. The first-order valence-electron chi connectivity index (χ1n) is 5.24. The summed E-state index contributed by atoms with van der Waals surface area (Å²) in [5, 5.41) is 0. The zero-order valence-electron chi connectivity index (χ0n) is 9.07. The van der Waals surface area contributed by atoms with Crippen LogP contribution in [0.15, 0.2) is 42.7 Å². The average molecular weight is 248 g/mol. The Morgan fingerprint density at radius 2 is 1.78 bits per heavy atom. The highest BCUT2D eigenvalue weighted by atomic mass is 19.2. The van der Waals surface area contributed by atoms with Crippen LogP contribution in [0.2, 0.25) is 0 Å². The summed E-state index contributed by atoms with van der Waals surface area (Å²) in [6.45, 7) is 0. The molecule has 90 valence electrons. The highest BCUT2D eigenvalue weighted by Gasteiger charge is 2.14. The molecular weight excluding hydrogens is 241 g/mol. The van der Waals surface area contributed by atoms with Gasteiger partial charge in [0.15, 0.2) is 11.6 Å². The van der Waals surface area contributed by atoms with Gasteiger partial charge in [0.05, 0.1) is 16.7 Å². The fourth-order valence-electron chi connectivity index (χ4n) is 1.87. The average Bonchev–Trinajstić information content (AvgIpc) is 2.77. The summed E-state index contributed by atoms with van der Waals surface area (Å²) in [5.41, 5.74) is 1.02. The van der Waals surface area contributed by atoms with Gasteiger partial charge in [0.25, 0.3) is 0 Å². The molecule has 5 heteroatoms. The molecule has 0 N–H and O–H groups in total. The van der Waals surface area contributed by atoms with Crippen LogP contribution in [0.3, 0.4) is 0 Å². The van der Waals surface area contributed by atoms with Gasteiger partial charge < -0.3 is 0 Å². The Balaban J connectivity index is 2.33. The van der Waals surface area contributed by atoms with Crippen LogP contribution in [0, 0.1) is 17.5 Å². The Labute approximate surface area is 100 Å². The molecule has 0 unspecified atom stereocenters. The van der Waals surface area contributed by atoms with Crippen molar-refractivity contribution < 1.29 is 13.2 Å². The van der Waals surface area contributed by atoms with Gasteiger partial charge in [-0.2, -0.15) is 0 Å². The Morgan fingerprint density at radius 3 is 2.61 bits per heavy atom. The second-order valence-corrected chi connectivity index (χ2v) is 3.82. The zero-order valence-corrected chi connectivity index (χ0v) is 9.07. The van der Waals surface area contributed by atoms with Crippen molar-refractivity contribution in [3.05, 3.63) is 60.2 Å². The van der Waals surface area contributed by atoms with Crippen molar-refractivity contribution in [3.8, 4) is 5.69 Å². The third kappa shape index (κ3) is 1.55. The van der Waals surface area contributed by atoms with E-state index in [0.717, 1.165) is 6.07 Å². The number of aromatic nitrogens is 2. The largest absolute Gasteiger partial charge is 0.296 e. The quantitative estimate of drug-likeness (QED) is 0.603. The lowest BCUT2D eigenvalue weighted by atomic mass is 10.2. The molecule has 0 saturated carbocycles. The maximum atomic E-state index is 13.7. The van der Waals surface area contributed by atoms with Crippen molar-refractivity contribution in [1.82, 2.24) is 9.55 Å². The zero-order chi connectivity index (χ0) is 12.7. The molecule has 18 heavy (non-hydrogen) atoms. The number of para-hydroxylation sites is 2. The van der Waals surface area contributed by atoms with E-state index in [0.29, 0.717) is 17.1 Å². The van der Waals surface area contributed by atoms with E-state index in [1.165, 1.54) is 10.9 Å². The van der Waals surface area contributed by atoms with Gasteiger partial charge in [-0.3, -0.25) is 4.57 Å². The number of fused-ring (bicyclic) bond motifs is 1. The lowest BCUT2D eigenvalue weighted by molar-refractivity contribution is 0.491. The van der Waals surface area contributed by atoms with Gasteiger partial charge in [-0.15, -0.1) is 0 Å². The fourth-order valence-corrected chi connectivity index (χ4v) is 1.87. The maximum Gasteiger partial charge on any atom is 0.183 e. The van der Waals surface area contributed by atoms with Gasteiger partial charge in [0.1, 0.15) is 12.1 Å². The highest BCUT2D eigenvalue weighted by Crippen LogP contribution is 2.22. The molecule has 1 heterocycles. The number of imidazole rings is 1. The van der Waals surface area contributed by atoms with Crippen molar-refractivity contribution >= 4 is 11.0 Å². The molecule has 0 fully saturated rings. The molecule has 2 aromatic carbocycles. The molecule has 1 aromatic heterocycles. The molecule has 2 nitrogen and oxygen atoms in total. The van der Waals surface area contributed by atoms with E-state index in [2.05, 4.69) is 4.98 Å². The Kier molecular flexibility index (Phi) is 2.33. The number of rotatable bonds is 1. The molecule has 3 aromatic rings. The lowest BCUT2D eigenvalue weighted by Crippen LogP contribution is -2.00. The van der Waals surface area contributed by atoms with Crippen LogP contribution in [-0.2, 0) is 0 Å². The van der Waals surface area contributed by atoms with Crippen molar-refractivity contribution in [2.45, 2.75) is 0 Å². The number of nitrogens with zero attached hydrogens (tertiary/aromatic N) is 2. The van der Waals surface area contributed by atoms with Crippen LogP contribution in [0.1, 0.15) is 0 Å². The van der Waals surface area contributed by atoms with Crippen LogP contribution >= 0.6 is 0 Å². The van der Waals surface area contributed by atoms with E-state index < -0.39 is 17.5 Å². The summed E-state index contributed by atoms with van der Waals surface area (Å²) < 4.78 is 41.3. The van der Waals surface area contributed by atoms with Crippen LogP contribution in [0.4, 0.5) is 13.2 Å². The summed E-state index contributed by atoms with van der Waals surface area (Å²) in [7, 11) is 0. The summed E-state index contributed by atoms with van der Waals surface area (Å²) in [5.74, 6) is -3.15. The van der Waals surface area contributed by atoms with Gasteiger partial charge in [-0.05, 0) is 12.1 Å². The molecule has 0 spiro atoms. The van der Waals surface area contributed by atoms with Gasteiger partial charge in [-0.1, -0.05) is 12.1 Å². The molecule has 0 radical (unpaired) electrons. The summed E-state index contributed by atoms with van der Waals surface area (Å²) >= 11 is 0. The smallest absolute Gasteiger partial charge is 0.183 e. The minimum atomic E-state index is -1.22. The SMILES string of the molecule is Fc1cc(F)c(F)c(-n2cnc3ccccc32)c1. The molecule has 0 saturated heterocycles. The molecule has 0 aliphatic carbocycles. The molecule has 0 amide bonds. The normalized spacial score (nSPS) is 11.1. The first kappa shape index (κ1) is 10.8. The number of halogens is 3. The lowest BCUT2D eigenvalue weighted by Gasteiger charge is -2.06. The van der Waals surface area contributed by atoms with Gasteiger partial charge in [-0.25, -0.2) is 18.2 Å². The third-order valence-corrected chi connectivity index (χ3v) is 2.69. The van der Waals surface area contributed by atoms with Crippen LogP contribution < -0.4 is 0 Å². The van der Waals surface area contributed by atoms with E-state index in [4.69, 9.17) is 0 Å². The fraction of sp³-hybridized carbons (Fsp3) is 0. The van der Waals surface area contributed by atoms with E-state index >= 15 is 0 Å². The number of benzene rings is 2. The second kappa shape index (κ2) is 3.87. The minimum Gasteiger partial charge on any atom is -0.296 e. The second-order valence-electron chi connectivity index (χ2n) is 3.82. The molecular formula is C13H7F3N2. The molecule has 0 aliphatic rings. The minimum absolute atomic E-state index is 0.193. The number of hydrogen-bond donors (Lipinski definition) is 0. The van der Waals surface area contributed by atoms with E-state index in [1.807, 2.05) is 0 Å². The van der Waals surface area contributed by atoms with Crippen molar-refractivity contribution in [3.63, 3.8) is 0 Å². The monoisotopic (exact) mass is 248 g/mol. The van der Waals surface area contributed by atoms with E-state index in [1.54, 1.807) is 24.3 Å². The Bertz CT molecular complexity index is 734. The first-order valence-corrected chi connectivity index (χ1v) is 5.24. The highest BCUT2D eigenvalue weighted by molar-refractivity contribution is 5.77.